The van der Waals surface area contributed by atoms with Crippen LogP contribution in [0, 0.1) is 5.92 Å². The van der Waals surface area contributed by atoms with Crippen molar-refractivity contribution >= 4 is 29.6 Å². The number of benzene rings is 1. The molecule has 2 atom stereocenters. The average Bonchev–Trinajstić information content (AvgIpc) is 3.53. The van der Waals surface area contributed by atoms with Gasteiger partial charge in [-0.15, -0.1) is 11.6 Å². The number of hydrogen-bond donors (Lipinski definition) is 2. The van der Waals surface area contributed by atoms with Gasteiger partial charge in [0.25, 0.3) is 0 Å². The number of carbonyl (C=O) groups excluding carboxylic acids is 3. The Labute approximate surface area is 170 Å². The van der Waals surface area contributed by atoms with Crippen molar-refractivity contribution in [2.75, 3.05) is 13.2 Å². The maximum atomic E-state index is 12.2. The van der Waals surface area contributed by atoms with Crippen LogP contribution in [0.3, 0.4) is 0 Å². The third-order valence-electron chi connectivity index (χ3n) is 4.35. The van der Waals surface area contributed by atoms with Crippen LogP contribution in [0.1, 0.15) is 38.2 Å². The van der Waals surface area contributed by atoms with Crippen molar-refractivity contribution in [2.45, 2.75) is 50.6 Å². The van der Waals surface area contributed by atoms with E-state index in [0.717, 1.165) is 18.4 Å². The number of carbonyl (C=O) groups is 3. The van der Waals surface area contributed by atoms with Crippen molar-refractivity contribution < 1.29 is 23.9 Å². The fraction of sp³-hybridized carbons (Fsp3) is 0.550. The summed E-state index contributed by atoms with van der Waals surface area (Å²) < 4.78 is 10.0. The summed E-state index contributed by atoms with van der Waals surface area (Å²) in [5, 5.41) is 4.56. The highest BCUT2D eigenvalue weighted by Gasteiger charge is 2.40. The van der Waals surface area contributed by atoms with Gasteiger partial charge in [-0.1, -0.05) is 30.3 Å². The van der Waals surface area contributed by atoms with Gasteiger partial charge in [-0.05, 0) is 37.7 Å². The normalized spacial score (nSPS) is 15.2. The molecule has 28 heavy (non-hydrogen) atoms. The number of alkyl carbamates (subject to hydrolysis) is 1. The standard InChI is InChI=1S/C20H27ClN2O5/c1-2-27-19(25)17(21)18(15-10-11-15)23-16(24)9-6-12-22-20(26)28-13-14-7-4-3-5-8-14/h3-5,7-8,15,17-18H,2,6,9-13H2,1H3,(H,22,26)(H,23,24)/t17-,18-/m0/s1. The molecule has 1 fully saturated rings. The van der Waals surface area contributed by atoms with Crippen LogP contribution >= 0.6 is 11.6 Å². The van der Waals surface area contributed by atoms with E-state index < -0.39 is 23.5 Å². The molecule has 7 nitrogen and oxygen atoms in total. The van der Waals surface area contributed by atoms with Crippen molar-refractivity contribution in [1.29, 1.82) is 0 Å². The third kappa shape index (κ3) is 7.76. The maximum absolute atomic E-state index is 12.2. The highest BCUT2D eigenvalue weighted by atomic mass is 35.5. The smallest absolute Gasteiger partial charge is 0.407 e. The maximum Gasteiger partial charge on any atom is 0.407 e. The summed E-state index contributed by atoms with van der Waals surface area (Å²) in [4.78, 5) is 35.7. The largest absolute Gasteiger partial charge is 0.465 e. The topological polar surface area (TPSA) is 93.7 Å². The van der Waals surface area contributed by atoms with Crippen molar-refractivity contribution in [3.05, 3.63) is 35.9 Å². The lowest BCUT2D eigenvalue weighted by molar-refractivity contribution is -0.143. The summed E-state index contributed by atoms with van der Waals surface area (Å²) in [6, 6.07) is 8.95. The SMILES string of the molecule is CCOC(=O)[C@@H](Cl)[C@@H](NC(=O)CCCNC(=O)OCc1ccccc1)C1CC1. The van der Waals surface area contributed by atoms with Crippen LogP contribution in [0.15, 0.2) is 30.3 Å². The Morgan fingerprint density at radius 1 is 1.18 bits per heavy atom. The number of hydrogen-bond acceptors (Lipinski definition) is 5. The minimum Gasteiger partial charge on any atom is -0.465 e. The summed E-state index contributed by atoms with van der Waals surface area (Å²) in [6.45, 7) is 2.47. The van der Waals surface area contributed by atoms with Crippen molar-refractivity contribution in [3.63, 3.8) is 0 Å². The summed E-state index contributed by atoms with van der Waals surface area (Å²) in [7, 11) is 0. The first kappa shape index (κ1) is 22.0. The van der Waals surface area contributed by atoms with Gasteiger partial charge in [0.1, 0.15) is 6.61 Å². The Kier molecular flexibility index (Phi) is 9.07. The predicted octanol–water partition coefficient (Wildman–Crippen LogP) is 2.76. The van der Waals surface area contributed by atoms with E-state index in [1.54, 1.807) is 6.92 Å². The average molecular weight is 411 g/mol. The fourth-order valence-electron chi connectivity index (χ4n) is 2.73. The molecule has 154 valence electrons. The molecule has 1 saturated carbocycles. The van der Waals surface area contributed by atoms with Crippen LogP contribution in [0.2, 0.25) is 0 Å². The van der Waals surface area contributed by atoms with E-state index in [1.165, 1.54) is 0 Å². The van der Waals surface area contributed by atoms with Gasteiger partial charge in [0, 0.05) is 13.0 Å². The second-order valence-electron chi connectivity index (χ2n) is 6.68. The lowest BCUT2D eigenvalue weighted by atomic mass is 10.1. The molecule has 2 N–H and O–H groups in total. The summed E-state index contributed by atoms with van der Waals surface area (Å²) in [5.41, 5.74) is 0.903. The van der Waals surface area contributed by atoms with Crippen molar-refractivity contribution in [1.82, 2.24) is 10.6 Å². The molecule has 0 spiro atoms. The van der Waals surface area contributed by atoms with Crippen molar-refractivity contribution in [3.8, 4) is 0 Å². The Balaban J connectivity index is 1.63. The lowest BCUT2D eigenvalue weighted by Gasteiger charge is -2.22. The van der Waals surface area contributed by atoms with E-state index in [2.05, 4.69) is 10.6 Å². The molecule has 0 radical (unpaired) electrons. The predicted molar refractivity (Wildman–Crippen MR) is 105 cm³/mol. The molecule has 0 saturated heterocycles. The first-order chi connectivity index (χ1) is 13.5. The number of rotatable bonds is 11. The Bertz CT molecular complexity index is 651. The zero-order valence-corrected chi connectivity index (χ0v) is 16.7. The van der Waals surface area contributed by atoms with Gasteiger partial charge in [0.15, 0.2) is 5.38 Å². The Morgan fingerprint density at radius 3 is 2.54 bits per heavy atom. The number of halogens is 1. The zero-order valence-electron chi connectivity index (χ0n) is 16.0. The van der Waals surface area contributed by atoms with Crippen LogP contribution in [0.25, 0.3) is 0 Å². The van der Waals surface area contributed by atoms with E-state index >= 15 is 0 Å². The van der Waals surface area contributed by atoms with Gasteiger partial charge in [-0.3, -0.25) is 9.59 Å². The van der Waals surface area contributed by atoms with E-state index in [1.807, 2.05) is 30.3 Å². The highest BCUT2D eigenvalue weighted by Crippen LogP contribution is 2.35. The number of ether oxygens (including phenoxy) is 2. The number of alkyl halides is 1. The van der Waals surface area contributed by atoms with E-state index in [-0.39, 0.29) is 31.5 Å². The molecule has 8 heteroatoms. The second-order valence-corrected chi connectivity index (χ2v) is 7.15. The van der Waals surface area contributed by atoms with Crippen LogP contribution in [-0.4, -0.2) is 42.5 Å². The summed E-state index contributed by atoms with van der Waals surface area (Å²) in [5.74, 6) is -0.502. The molecule has 2 amide bonds. The molecule has 0 aliphatic heterocycles. The zero-order chi connectivity index (χ0) is 20.4. The minimum atomic E-state index is -0.887. The minimum absolute atomic E-state index is 0.196. The fourth-order valence-corrected chi connectivity index (χ4v) is 3.06. The molecule has 2 rings (SSSR count). The molecule has 0 bridgehead atoms. The second kappa shape index (κ2) is 11.5. The Morgan fingerprint density at radius 2 is 1.89 bits per heavy atom. The number of nitrogens with one attached hydrogen (secondary N) is 2. The van der Waals surface area contributed by atoms with Gasteiger partial charge >= 0.3 is 12.1 Å². The van der Waals surface area contributed by atoms with Crippen LogP contribution < -0.4 is 10.6 Å². The van der Waals surface area contributed by atoms with Crippen molar-refractivity contribution in [2.24, 2.45) is 5.92 Å². The van der Waals surface area contributed by atoms with Gasteiger partial charge < -0.3 is 20.1 Å². The Hall–Kier alpha value is -2.28. The van der Waals surface area contributed by atoms with Crippen LogP contribution in [0.4, 0.5) is 4.79 Å². The van der Waals surface area contributed by atoms with Gasteiger partial charge in [-0.2, -0.15) is 0 Å². The summed E-state index contributed by atoms with van der Waals surface area (Å²) in [6.07, 6.45) is 2.01. The summed E-state index contributed by atoms with van der Waals surface area (Å²) >= 11 is 6.18. The van der Waals surface area contributed by atoms with Gasteiger partial charge in [0.05, 0.1) is 12.6 Å². The molecule has 1 aromatic carbocycles. The van der Waals surface area contributed by atoms with Gasteiger partial charge in [0.2, 0.25) is 5.91 Å². The third-order valence-corrected chi connectivity index (χ3v) is 4.80. The molecule has 1 aromatic rings. The van der Waals surface area contributed by atoms with E-state index in [4.69, 9.17) is 21.1 Å². The number of amides is 2. The number of esters is 1. The molecule has 1 aliphatic rings. The van der Waals surface area contributed by atoms with E-state index in [9.17, 15) is 14.4 Å². The lowest BCUT2D eigenvalue weighted by Crippen LogP contribution is -2.46. The molecule has 0 unspecified atom stereocenters. The molecule has 0 heterocycles. The first-order valence-corrected chi connectivity index (χ1v) is 9.99. The van der Waals surface area contributed by atoms with E-state index in [0.29, 0.717) is 13.0 Å². The molecule has 1 aliphatic carbocycles. The van der Waals surface area contributed by atoms with Crippen LogP contribution in [0.5, 0.6) is 0 Å². The molecular weight excluding hydrogens is 384 g/mol. The first-order valence-electron chi connectivity index (χ1n) is 9.56. The van der Waals surface area contributed by atoms with Crippen LogP contribution in [-0.2, 0) is 25.7 Å². The molecule has 0 aromatic heterocycles. The highest BCUT2D eigenvalue weighted by molar-refractivity contribution is 6.30. The molecular formula is C20H27ClN2O5. The monoisotopic (exact) mass is 410 g/mol. The quantitative estimate of drug-likeness (QED) is 0.332. The van der Waals surface area contributed by atoms with Gasteiger partial charge in [-0.25, -0.2) is 4.79 Å².